The van der Waals surface area contributed by atoms with E-state index in [1.165, 1.54) is 12.1 Å². The van der Waals surface area contributed by atoms with Gasteiger partial charge in [0.15, 0.2) is 0 Å². The molecule has 0 aliphatic carbocycles. The van der Waals surface area contributed by atoms with Crippen LogP contribution in [-0.2, 0) is 0 Å². The van der Waals surface area contributed by atoms with Crippen LogP contribution in [0.5, 0.6) is 11.5 Å². The highest BCUT2D eigenvalue weighted by atomic mass is 19.1. The van der Waals surface area contributed by atoms with E-state index in [1.807, 2.05) is 43.4 Å². The molecule has 2 atom stereocenters. The first-order valence-electron chi connectivity index (χ1n) is 13.0. The van der Waals surface area contributed by atoms with E-state index in [1.54, 1.807) is 36.4 Å². The number of hydrogen-bond donors (Lipinski definition) is 4. The van der Waals surface area contributed by atoms with E-state index in [-0.39, 0.29) is 23.4 Å². The molecule has 6 heteroatoms. The highest BCUT2D eigenvalue weighted by Crippen LogP contribution is 2.38. The minimum Gasteiger partial charge on any atom is -0.508 e. The second-order valence-electron chi connectivity index (χ2n) is 9.51. The highest BCUT2D eigenvalue weighted by molar-refractivity contribution is 5.68. The summed E-state index contributed by atoms with van der Waals surface area (Å²) in [6.07, 6.45) is 2.28. The van der Waals surface area contributed by atoms with Gasteiger partial charge in [-0.1, -0.05) is 67.4 Å². The maximum absolute atomic E-state index is 13.2. The van der Waals surface area contributed by atoms with Crippen LogP contribution < -0.4 is 10.2 Å². The Kier molecular flexibility index (Phi) is 9.35. The van der Waals surface area contributed by atoms with Gasteiger partial charge in [-0.05, 0) is 79.0 Å². The van der Waals surface area contributed by atoms with Crippen molar-refractivity contribution in [3.8, 4) is 22.6 Å². The number of nitrogens with zero attached hydrogens (tertiary/aromatic N) is 1. The van der Waals surface area contributed by atoms with Gasteiger partial charge < -0.3 is 25.5 Å². The van der Waals surface area contributed by atoms with Crippen LogP contribution in [0.1, 0.15) is 49.0 Å². The minimum atomic E-state index is -0.647. The Morgan fingerprint density at radius 1 is 0.789 bits per heavy atom. The summed E-state index contributed by atoms with van der Waals surface area (Å²) in [4.78, 5) is 2.24. The van der Waals surface area contributed by atoms with E-state index in [0.29, 0.717) is 18.7 Å². The van der Waals surface area contributed by atoms with E-state index in [0.717, 1.165) is 41.6 Å². The molecular formula is C32H35FN2O3. The average Bonchev–Trinajstić information content (AvgIpc) is 2.93. The topological polar surface area (TPSA) is 76.0 Å². The number of halogens is 1. The summed E-state index contributed by atoms with van der Waals surface area (Å²) < 4.78 is 13.2. The number of para-hydroxylation sites is 1. The molecule has 0 saturated carbocycles. The molecule has 4 rings (SSSR count). The average molecular weight is 515 g/mol. The number of anilines is 1. The molecule has 0 aromatic heterocycles. The molecule has 0 bridgehead atoms. The highest BCUT2D eigenvalue weighted by Gasteiger charge is 2.24. The lowest BCUT2D eigenvalue weighted by molar-refractivity contribution is 0.163. The third-order valence-corrected chi connectivity index (χ3v) is 6.82. The fourth-order valence-corrected chi connectivity index (χ4v) is 4.87. The third kappa shape index (κ3) is 6.91. The van der Waals surface area contributed by atoms with Gasteiger partial charge in [0, 0.05) is 11.3 Å². The van der Waals surface area contributed by atoms with Gasteiger partial charge in [0.25, 0.3) is 0 Å². The summed E-state index contributed by atoms with van der Waals surface area (Å²) in [5.41, 5.74) is 4.21. The predicted molar refractivity (Wildman–Crippen MR) is 151 cm³/mol. The zero-order chi connectivity index (χ0) is 26.9. The van der Waals surface area contributed by atoms with Gasteiger partial charge in [0.1, 0.15) is 17.3 Å². The first-order chi connectivity index (χ1) is 18.5. The van der Waals surface area contributed by atoms with Gasteiger partial charge in [0.05, 0.1) is 18.8 Å². The Labute approximate surface area is 223 Å². The van der Waals surface area contributed by atoms with E-state index in [4.69, 9.17) is 0 Å². The van der Waals surface area contributed by atoms with Crippen LogP contribution in [0.2, 0.25) is 0 Å². The largest absolute Gasteiger partial charge is 0.508 e. The Morgan fingerprint density at radius 2 is 1.50 bits per heavy atom. The van der Waals surface area contributed by atoms with Crippen molar-refractivity contribution in [1.29, 1.82) is 0 Å². The molecule has 5 nitrogen and oxygen atoms in total. The van der Waals surface area contributed by atoms with E-state index < -0.39 is 6.10 Å². The van der Waals surface area contributed by atoms with Gasteiger partial charge in [-0.15, -0.1) is 0 Å². The summed E-state index contributed by atoms with van der Waals surface area (Å²) in [6, 6.07) is 28.6. The van der Waals surface area contributed by atoms with Gasteiger partial charge >= 0.3 is 0 Å². The molecule has 2 unspecified atom stereocenters. The number of phenols is 2. The van der Waals surface area contributed by atoms with E-state index in [2.05, 4.69) is 22.3 Å². The monoisotopic (exact) mass is 514 g/mol. The first-order valence-corrected chi connectivity index (χ1v) is 13.0. The van der Waals surface area contributed by atoms with Crippen molar-refractivity contribution in [1.82, 2.24) is 5.32 Å². The smallest absolute Gasteiger partial charge is 0.123 e. The first kappa shape index (κ1) is 27.2. The van der Waals surface area contributed by atoms with Gasteiger partial charge in [-0.3, -0.25) is 0 Å². The second-order valence-corrected chi connectivity index (χ2v) is 9.51. The summed E-state index contributed by atoms with van der Waals surface area (Å²) in [5.74, 6) is 0.0551. The van der Waals surface area contributed by atoms with Crippen LogP contribution in [0, 0.1) is 5.82 Å². The van der Waals surface area contributed by atoms with E-state index >= 15 is 0 Å². The fraction of sp³-hybridized carbons (Fsp3) is 0.250. The molecule has 0 radical (unpaired) electrons. The summed E-state index contributed by atoms with van der Waals surface area (Å²) >= 11 is 0. The number of hydrogen-bond acceptors (Lipinski definition) is 5. The number of aromatic hydroxyl groups is 2. The third-order valence-electron chi connectivity index (χ3n) is 6.82. The normalized spacial score (nSPS) is 12.7. The fourth-order valence-electron chi connectivity index (χ4n) is 4.87. The van der Waals surface area contributed by atoms with Crippen LogP contribution in [0.25, 0.3) is 11.1 Å². The number of unbranched alkanes of at least 4 members (excludes halogenated alkanes) is 1. The number of aliphatic hydroxyl groups is 1. The molecule has 4 aromatic rings. The van der Waals surface area contributed by atoms with E-state index in [9.17, 15) is 19.7 Å². The summed E-state index contributed by atoms with van der Waals surface area (Å²) in [7, 11) is 1.90. The zero-order valence-electron chi connectivity index (χ0n) is 21.6. The van der Waals surface area contributed by atoms with Crippen LogP contribution in [-0.4, -0.2) is 29.0 Å². The minimum absolute atomic E-state index is 0.119. The molecule has 0 aliphatic heterocycles. The Balaban J connectivity index is 1.56. The molecule has 38 heavy (non-hydrogen) atoms. The maximum atomic E-state index is 13.2. The van der Waals surface area contributed by atoms with Crippen LogP contribution in [0.15, 0.2) is 97.1 Å². The van der Waals surface area contributed by atoms with Crippen molar-refractivity contribution in [2.24, 2.45) is 0 Å². The number of benzene rings is 4. The quantitative estimate of drug-likeness (QED) is 0.122. The maximum Gasteiger partial charge on any atom is 0.123 e. The van der Waals surface area contributed by atoms with Crippen molar-refractivity contribution >= 4 is 5.69 Å². The molecule has 4 N–H and O–H groups in total. The lowest BCUT2D eigenvalue weighted by Gasteiger charge is -2.34. The molecule has 0 fully saturated rings. The van der Waals surface area contributed by atoms with Crippen molar-refractivity contribution in [2.45, 2.75) is 37.8 Å². The van der Waals surface area contributed by atoms with Crippen molar-refractivity contribution in [2.75, 3.05) is 18.6 Å². The van der Waals surface area contributed by atoms with Crippen LogP contribution in [0.3, 0.4) is 0 Å². The lowest BCUT2D eigenvalue weighted by Crippen LogP contribution is -2.36. The van der Waals surface area contributed by atoms with Crippen molar-refractivity contribution in [3.05, 3.63) is 114 Å². The SMILES string of the molecule is CNCN(c1ccccc1)C(CCCCC(O)c1ccc(F)cc1)c1ccc(-c2cccc(O)c2)cc1O. The molecule has 0 heterocycles. The van der Waals surface area contributed by atoms with Gasteiger partial charge in [-0.25, -0.2) is 4.39 Å². The Hall–Kier alpha value is -3.87. The molecule has 4 aromatic carbocycles. The number of phenolic OH excluding ortho intramolecular Hbond substituents is 2. The summed E-state index contributed by atoms with van der Waals surface area (Å²) in [6.45, 7) is 0.584. The van der Waals surface area contributed by atoms with Gasteiger partial charge in [0.2, 0.25) is 0 Å². The molecule has 198 valence electrons. The number of aliphatic hydroxyl groups excluding tert-OH is 1. The number of nitrogens with one attached hydrogen (secondary N) is 1. The lowest BCUT2D eigenvalue weighted by atomic mass is 9.94. The molecular weight excluding hydrogens is 479 g/mol. The Bertz CT molecular complexity index is 1300. The van der Waals surface area contributed by atoms with Crippen molar-refractivity contribution in [3.63, 3.8) is 0 Å². The molecule has 0 amide bonds. The summed E-state index contributed by atoms with van der Waals surface area (Å²) in [5, 5.41) is 34.9. The molecule has 0 spiro atoms. The van der Waals surface area contributed by atoms with Crippen molar-refractivity contribution < 1.29 is 19.7 Å². The number of rotatable bonds is 12. The molecule has 0 saturated heterocycles. The standard InChI is InChI=1S/C32H35FN2O3/c1-34-22-35(27-9-3-2-4-10-27)30(12-5-6-13-31(37)23-14-17-26(33)18-15-23)29-19-16-25(21-32(29)38)24-8-7-11-28(36)20-24/h2-4,7-11,14-21,30-31,34,36-38H,5-6,12-13,22H2,1H3. The zero-order valence-corrected chi connectivity index (χ0v) is 21.6. The second kappa shape index (κ2) is 13.1. The van der Waals surface area contributed by atoms with Crippen LogP contribution in [0.4, 0.5) is 10.1 Å². The van der Waals surface area contributed by atoms with Gasteiger partial charge in [-0.2, -0.15) is 0 Å². The molecule has 0 aliphatic rings. The Morgan fingerprint density at radius 3 is 2.18 bits per heavy atom. The van der Waals surface area contributed by atoms with Crippen LogP contribution >= 0.6 is 0 Å². The predicted octanol–water partition coefficient (Wildman–Crippen LogP) is 6.92.